The predicted octanol–water partition coefficient (Wildman–Crippen LogP) is 4.38. The number of hydrogen-bond acceptors (Lipinski definition) is 2. The summed E-state index contributed by atoms with van der Waals surface area (Å²) < 4.78 is 5.73. The van der Waals surface area contributed by atoms with E-state index in [1.165, 1.54) is 0 Å². The highest BCUT2D eigenvalue weighted by Gasteiger charge is 2.19. The zero-order valence-corrected chi connectivity index (χ0v) is 11.4. The number of ketones is 1. The first kappa shape index (κ1) is 13.6. The maximum absolute atomic E-state index is 12.3. The second-order valence-electron chi connectivity index (χ2n) is 4.20. The SMILES string of the molecule is CCC(Oc1cccc(Cl)c1)C(=O)c1ccccc1. The summed E-state index contributed by atoms with van der Waals surface area (Å²) in [4.78, 5) is 12.3. The minimum absolute atomic E-state index is 0.0110. The average molecular weight is 275 g/mol. The molecule has 0 amide bonds. The first-order valence-corrected chi connectivity index (χ1v) is 6.60. The van der Waals surface area contributed by atoms with Crippen molar-refractivity contribution >= 4 is 17.4 Å². The van der Waals surface area contributed by atoms with Gasteiger partial charge in [0.2, 0.25) is 5.78 Å². The van der Waals surface area contributed by atoms with Crippen molar-refractivity contribution in [3.63, 3.8) is 0 Å². The summed E-state index contributed by atoms with van der Waals surface area (Å²) in [5.41, 5.74) is 0.663. The van der Waals surface area contributed by atoms with Crippen LogP contribution >= 0.6 is 11.6 Å². The van der Waals surface area contributed by atoms with E-state index in [2.05, 4.69) is 0 Å². The van der Waals surface area contributed by atoms with Gasteiger partial charge in [-0.1, -0.05) is 54.9 Å². The number of rotatable bonds is 5. The Bertz CT molecular complexity index is 552. The van der Waals surface area contributed by atoms with E-state index < -0.39 is 6.10 Å². The Morgan fingerprint density at radius 3 is 2.53 bits per heavy atom. The molecule has 0 aromatic heterocycles. The molecule has 0 bridgehead atoms. The van der Waals surface area contributed by atoms with Gasteiger partial charge in [-0.05, 0) is 24.6 Å². The van der Waals surface area contributed by atoms with Gasteiger partial charge in [0.1, 0.15) is 5.75 Å². The fraction of sp³-hybridized carbons (Fsp3) is 0.188. The largest absolute Gasteiger partial charge is 0.482 e. The van der Waals surface area contributed by atoms with Crippen molar-refractivity contribution in [2.45, 2.75) is 19.4 Å². The molecule has 0 saturated heterocycles. The summed E-state index contributed by atoms with van der Waals surface area (Å²) >= 11 is 5.90. The van der Waals surface area contributed by atoms with Gasteiger partial charge in [0.05, 0.1) is 0 Å². The fourth-order valence-corrected chi connectivity index (χ4v) is 2.00. The lowest BCUT2D eigenvalue weighted by Crippen LogP contribution is -2.26. The quantitative estimate of drug-likeness (QED) is 0.756. The molecule has 0 aliphatic carbocycles. The maximum atomic E-state index is 12.3. The number of carbonyl (C=O) groups excluding carboxylic acids is 1. The second-order valence-corrected chi connectivity index (χ2v) is 4.64. The number of halogens is 1. The Balaban J connectivity index is 2.15. The molecule has 1 atom stereocenters. The number of hydrogen-bond donors (Lipinski definition) is 0. The summed E-state index contributed by atoms with van der Waals surface area (Å²) in [6.07, 6.45) is 0.126. The number of benzene rings is 2. The molecule has 2 nitrogen and oxygen atoms in total. The Hall–Kier alpha value is -1.80. The lowest BCUT2D eigenvalue weighted by Gasteiger charge is -2.16. The van der Waals surface area contributed by atoms with Crippen LogP contribution in [0.2, 0.25) is 5.02 Å². The monoisotopic (exact) mass is 274 g/mol. The third kappa shape index (κ3) is 3.58. The zero-order chi connectivity index (χ0) is 13.7. The molecule has 98 valence electrons. The Morgan fingerprint density at radius 2 is 1.89 bits per heavy atom. The molecule has 3 heteroatoms. The molecule has 0 saturated carbocycles. The lowest BCUT2D eigenvalue weighted by atomic mass is 10.0. The van der Waals surface area contributed by atoms with E-state index in [1.54, 1.807) is 36.4 Å². The molecule has 19 heavy (non-hydrogen) atoms. The van der Waals surface area contributed by atoms with E-state index in [1.807, 2.05) is 25.1 Å². The van der Waals surface area contributed by atoms with Crippen LogP contribution in [-0.4, -0.2) is 11.9 Å². The molecule has 2 aromatic carbocycles. The predicted molar refractivity (Wildman–Crippen MR) is 76.9 cm³/mol. The van der Waals surface area contributed by atoms with Crippen molar-refractivity contribution < 1.29 is 9.53 Å². The molecule has 0 fully saturated rings. The Kier molecular flexibility index (Phi) is 4.58. The molecule has 0 radical (unpaired) electrons. The maximum Gasteiger partial charge on any atom is 0.203 e. The molecule has 2 rings (SSSR count). The topological polar surface area (TPSA) is 26.3 Å². The van der Waals surface area contributed by atoms with Gasteiger partial charge in [-0.15, -0.1) is 0 Å². The normalized spacial score (nSPS) is 11.9. The summed E-state index contributed by atoms with van der Waals surface area (Å²) in [5, 5.41) is 0.597. The van der Waals surface area contributed by atoms with Crippen molar-refractivity contribution in [3.05, 3.63) is 65.2 Å². The Morgan fingerprint density at radius 1 is 1.16 bits per heavy atom. The third-order valence-electron chi connectivity index (χ3n) is 2.80. The van der Waals surface area contributed by atoms with E-state index in [4.69, 9.17) is 16.3 Å². The average Bonchev–Trinajstić information content (AvgIpc) is 2.45. The van der Waals surface area contributed by atoms with Gasteiger partial charge in [0.15, 0.2) is 6.10 Å². The highest BCUT2D eigenvalue weighted by Crippen LogP contribution is 2.20. The van der Waals surface area contributed by atoms with E-state index in [-0.39, 0.29) is 5.78 Å². The zero-order valence-electron chi connectivity index (χ0n) is 10.7. The highest BCUT2D eigenvalue weighted by atomic mass is 35.5. The van der Waals surface area contributed by atoms with Gasteiger partial charge in [-0.3, -0.25) is 4.79 Å². The van der Waals surface area contributed by atoms with Crippen LogP contribution in [0.5, 0.6) is 5.75 Å². The lowest BCUT2D eigenvalue weighted by molar-refractivity contribution is 0.0786. The summed E-state index contributed by atoms with van der Waals surface area (Å²) in [5.74, 6) is 0.603. The number of carbonyl (C=O) groups is 1. The van der Waals surface area contributed by atoms with Crippen LogP contribution in [0.25, 0.3) is 0 Å². The van der Waals surface area contributed by atoms with E-state index in [9.17, 15) is 4.79 Å². The van der Waals surface area contributed by atoms with Crippen molar-refractivity contribution in [1.82, 2.24) is 0 Å². The van der Waals surface area contributed by atoms with E-state index in [0.717, 1.165) is 0 Å². The van der Waals surface area contributed by atoms with Crippen LogP contribution in [0.1, 0.15) is 23.7 Å². The molecule has 1 unspecified atom stereocenters. The standard InChI is InChI=1S/C16H15ClO2/c1-2-15(16(18)12-7-4-3-5-8-12)19-14-10-6-9-13(17)11-14/h3-11,15H,2H2,1H3. The molecule has 0 spiro atoms. The van der Waals surface area contributed by atoms with Crippen molar-refractivity contribution in [1.29, 1.82) is 0 Å². The van der Waals surface area contributed by atoms with Crippen molar-refractivity contribution in [3.8, 4) is 5.75 Å². The summed E-state index contributed by atoms with van der Waals surface area (Å²) in [6, 6.07) is 16.3. The van der Waals surface area contributed by atoms with E-state index in [0.29, 0.717) is 22.8 Å². The van der Waals surface area contributed by atoms with Crippen molar-refractivity contribution in [2.24, 2.45) is 0 Å². The van der Waals surface area contributed by atoms with Crippen LogP contribution < -0.4 is 4.74 Å². The minimum atomic E-state index is -0.485. The number of ether oxygens (including phenoxy) is 1. The van der Waals surface area contributed by atoms with Gasteiger partial charge in [-0.2, -0.15) is 0 Å². The van der Waals surface area contributed by atoms with Crippen molar-refractivity contribution in [2.75, 3.05) is 0 Å². The molecule has 0 aliphatic heterocycles. The van der Waals surface area contributed by atoms with Crippen LogP contribution in [0.4, 0.5) is 0 Å². The minimum Gasteiger partial charge on any atom is -0.482 e. The summed E-state index contributed by atoms with van der Waals surface area (Å²) in [6.45, 7) is 1.93. The van der Waals surface area contributed by atoms with Crippen LogP contribution in [-0.2, 0) is 0 Å². The van der Waals surface area contributed by atoms with E-state index >= 15 is 0 Å². The van der Waals surface area contributed by atoms with Crippen LogP contribution in [0, 0.1) is 0 Å². The third-order valence-corrected chi connectivity index (χ3v) is 3.03. The van der Waals surface area contributed by atoms with Gasteiger partial charge in [0, 0.05) is 10.6 Å². The molecular formula is C16H15ClO2. The highest BCUT2D eigenvalue weighted by molar-refractivity contribution is 6.30. The first-order valence-electron chi connectivity index (χ1n) is 6.22. The Labute approximate surface area is 118 Å². The molecule has 0 heterocycles. The van der Waals surface area contributed by atoms with Crippen LogP contribution in [0.15, 0.2) is 54.6 Å². The first-order chi connectivity index (χ1) is 9.20. The smallest absolute Gasteiger partial charge is 0.203 e. The molecule has 2 aromatic rings. The number of Topliss-reactive ketones (excluding diaryl/α,β-unsaturated/α-hetero) is 1. The summed E-state index contributed by atoms with van der Waals surface area (Å²) in [7, 11) is 0. The van der Waals surface area contributed by atoms with Crippen LogP contribution in [0.3, 0.4) is 0 Å². The molecule has 0 aliphatic rings. The van der Waals surface area contributed by atoms with Gasteiger partial charge in [-0.25, -0.2) is 0 Å². The molecular weight excluding hydrogens is 260 g/mol. The fourth-order valence-electron chi connectivity index (χ4n) is 1.82. The molecule has 0 N–H and O–H groups in total. The van der Waals surface area contributed by atoms with Gasteiger partial charge in [0.25, 0.3) is 0 Å². The van der Waals surface area contributed by atoms with Gasteiger partial charge >= 0.3 is 0 Å². The second kappa shape index (κ2) is 6.39. The van der Waals surface area contributed by atoms with Gasteiger partial charge < -0.3 is 4.74 Å².